The number of carbonyl (C=O) groups excluding carboxylic acids is 1. The molecule has 1 aromatic carbocycles. The van der Waals surface area contributed by atoms with Crippen molar-refractivity contribution in [3.63, 3.8) is 0 Å². The fraction of sp³-hybridized carbons (Fsp3) is 0.588. The lowest BCUT2D eigenvalue weighted by molar-refractivity contribution is -0.0522. The minimum atomic E-state index is 0.249. The smallest absolute Gasteiger partial charge is 0.177 e. The second-order valence-corrected chi connectivity index (χ2v) is 6.12. The predicted molar refractivity (Wildman–Crippen MR) is 79.2 cm³/mol. The number of aryl methyl sites for hydroxylation is 2. The van der Waals surface area contributed by atoms with Crippen LogP contribution in [0, 0.1) is 13.8 Å². The minimum Gasteiger partial charge on any atom is -0.375 e. The second-order valence-electron chi connectivity index (χ2n) is 6.12. The van der Waals surface area contributed by atoms with Crippen LogP contribution in [0.15, 0.2) is 18.2 Å². The number of benzene rings is 1. The van der Waals surface area contributed by atoms with Gasteiger partial charge in [0.25, 0.3) is 0 Å². The maximum absolute atomic E-state index is 12.6. The van der Waals surface area contributed by atoms with Crippen LogP contribution in [0.5, 0.6) is 0 Å². The lowest BCUT2D eigenvalue weighted by Gasteiger charge is -2.37. The highest BCUT2D eigenvalue weighted by Gasteiger charge is 2.36. The summed E-state index contributed by atoms with van der Waals surface area (Å²) in [5.74, 6) is 0.249. The number of fused-ring (bicyclic) bond motifs is 1. The molecule has 1 aromatic rings. The largest absolute Gasteiger partial charge is 0.375 e. The Labute approximate surface area is 120 Å². The number of ketones is 1. The molecular weight excluding hydrogens is 250 g/mol. The van der Waals surface area contributed by atoms with E-state index >= 15 is 0 Å². The Morgan fingerprint density at radius 1 is 1.35 bits per heavy atom. The Balaban J connectivity index is 1.73. The molecule has 3 heteroatoms. The highest BCUT2D eigenvalue weighted by atomic mass is 16.5. The molecule has 1 heterocycles. The molecule has 2 aliphatic rings. The quantitative estimate of drug-likeness (QED) is 0.793. The molecule has 0 spiro atoms. The molecular formula is C17H23NO2. The van der Waals surface area contributed by atoms with Crippen LogP contribution in [-0.4, -0.2) is 42.5 Å². The summed E-state index contributed by atoms with van der Waals surface area (Å²) in [6.45, 7) is 6.25. The van der Waals surface area contributed by atoms with E-state index in [1.165, 1.54) is 12.8 Å². The van der Waals surface area contributed by atoms with Gasteiger partial charge in [0, 0.05) is 18.2 Å². The van der Waals surface area contributed by atoms with Crippen LogP contribution in [0.3, 0.4) is 0 Å². The van der Waals surface area contributed by atoms with Crippen LogP contribution in [-0.2, 0) is 4.74 Å². The van der Waals surface area contributed by atoms with E-state index in [1.54, 1.807) is 0 Å². The average Bonchev–Trinajstić information content (AvgIpc) is 2.91. The summed E-state index contributed by atoms with van der Waals surface area (Å²) in [5.41, 5.74) is 3.11. The first-order valence-electron chi connectivity index (χ1n) is 7.61. The molecule has 0 radical (unpaired) electrons. The third kappa shape index (κ3) is 2.65. The Kier molecular flexibility index (Phi) is 3.90. The third-order valence-electron chi connectivity index (χ3n) is 4.64. The zero-order valence-corrected chi connectivity index (χ0v) is 12.4. The van der Waals surface area contributed by atoms with Gasteiger partial charge in [-0.05, 0) is 44.7 Å². The van der Waals surface area contributed by atoms with Crippen molar-refractivity contribution >= 4 is 5.78 Å². The summed E-state index contributed by atoms with van der Waals surface area (Å²) < 4.78 is 5.81. The number of hydrogen-bond acceptors (Lipinski definition) is 3. The zero-order valence-electron chi connectivity index (χ0n) is 12.4. The van der Waals surface area contributed by atoms with Crippen LogP contribution in [0.2, 0.25) is 0 Å². The van der Waals surface area contributed by atoms with Crippen LogP contribution in [0.4, 0.5) is 0 Å². The van der Waals surface area contributed by atoms with Crippen molar-refractivity contribution in [1.29, 1.82) is 0 Å². The van der Waals surface area contributed by atoms with Crippen LogP contribution in [0.1, 0.15) is 40.7 Å². The van der Waals surface area contributed by atoms with Crippen LogP contribution >= 0.6 is 0 Å². The monoisotopic (exact) mass is 273 g/mol. The van der Waals surface area contributed by atoms with E-state index < -0.39 is 0 Å². The van der Waals surface area contributed by atoms with Crippen molar-refractivity contribution in [2.24, 2.45) is 0 Å². The van der Waals surface area contributed by atoms with Gasteiger partial charge >= 0.3 is 0 Å². The standard InChI is InChI=1S/C17H23NO2/c1-12-6-7-13(2)14(10-12)16(19)11-18-8-9-20-17-5-3-4-15(17)18/h6-7,10,15,17H,3-5,8-9,11H2,1-2H3. The van der Waals surface area contributed by atoms with Crippen molar-refractivity contribution in [2.45, 2.75) is 45.3 Å². The SMILES string of the molecule is Cc1ccc(C)c(C(=O)CN2CCOC3CCCC32)c1. The van der Waals surface area contributed by atoms with E-state index in [0.717, 1.165) is 36.3 Å². The maximum atomic E-state index is 12.6. The molecule has 2 unspecified atom stereocenters. The molecule has 0 aromatic heterocycles. The number of carbonyl (C=O) groups is 1. The Morgan fingerprint density at radius 3 is 3.05 bits per heavy atom. The first kappa shape index (κ1) is 13.8. The van der Waals surface area contributed by atoms with E-state index in [9.17, 15) is 4.79 Å². The number of Topliss-reactive ketones (excluding diaryl/α,β-unsaturated/α-hetero) is 1. The maximum Gasteiger partial charge on any atom is 0.177 e. The lowest BCUT2D eigenvalue weighted by Crippen LogP contribution is -2.50. The normalized spacial score (nSPS) is 26.5. The lowest BCUT2D eigenvalue weighted by atomic mass is 10.0. The van der Waals surface area contributed by atoms with Crippen molar-refractivity contribution in [1.82, 2.24) is 4.90 Å². The number of rotatable bonds is 3. The van der Waals surface area contributed by atoms with E-state index in [1.807, 2.05) is 26.0 Å². The Bertz CT molecular complexity index is 512. The average molecular weight is 273 g/mol. The van der Waals surface area contributed by atoms with Crippen molar-refractivity contribution in [2.75, 3.05) is 19.7 Å². The van der Waals surface area contributed by atoms with Gasteiger partial charge in [-0.25, -0.2) is 0 Å². The van der Waals surface area contributed by atoms with Crippen molar-refractivity contribution < 1.29 is 9.53 Å². The first-order chi connectivity index (χ1) is 9.65. The summed E-state index contributed by atoms with van der Waals surface area (Å²) in [6.07, 6.45) is 3.91. The Morgan fingerprint density at radius 2 is 2.20 bits per heavy atom. The van der Waals surface area contributed by atoms with Crippen molar-refractivity contribution in [3.8, 4) is 0 Å². The fourth-order valence-electron chi connectivity index (χ4n) is 3.51. The van der Waals surface area contributed by atoms with Crippen LogP contribution < -0.4 is 0 Å². The molecule has 1 aliphatic carbocycles. The van der Waals surface area contributed by atoms with E-state index in [0.29, 0.717) is 18.7 Å². The van der Waals surface area contributed by atoms with Gasteiger partial charge in [-0.15, -0.1) is 0 Å². The third-order valence-corrected chi connectivity index (χ3v) is 4.64. The summed E-state index contributed by atoms with van der Waals surface area (Å²) in [6, 6.07) is 6.58. The summed E-state index contributed by atoms with van der Waals surface area (Å²) in [7, 11) is 0. The van der Waals surface area contributed by atoms with Gasteiger partial charge in [0.1, 0.15) is 0 Å². The molecule has 1 aliphatic heterocycles. The summed E-state index contributed by atoms with van der Waals surface area (Å²) in [5, 5.41) is 0. The molecule has 3 nitrogen and oxygen atoms in total. The van der Waals surface area contributed by atoms with Gasteiger partial charge < -0.3 is 4.74 Å². The minimum absolute atomic E-state index is 0.249. The number of morpholine rings is 1. The fourth-order valence-corrected chi connectivity index (χ4v) is 3.51. The van der Waals surface area contributed by atoms with Gasteiger partial charge in [-0.1, -0.05) is 17.7 Å². The molecule has 0 bridgehead atoms. The van der Waals surface area contributed by atoms with E-state index in [-0.39, 0.29) is 5.78 Å². The van der Waals surface area contributed by atoms with Gasteiger partial charge in [0.2, 0.25) is 0 Å². The van der Waals surface area contributed by atoms with Gasteiger partial charge in [0.15, 0.2) is 5.78 Å². The summed E-state index contributed by atoms with van der Waals surface area (Å²) >= 11 is 0. The molecule has 0 amide bonds. The second kappa shape index (κ2) is 5.66. The van der Waals surface area contributed by atoms with Crippen LogP contribution in [0.25, 0.3) is 0 Å². The molecule has 0 N–H and O–H groups in total. The first-order valence-corrected chi connectivity index (χ1v) is 7.61. The topological polar surface area (TPSA) is 29.5 Å². The highest BCUT2D eigenvalue weighted by Crippen LogP contribution is 2.29. The van der Waals surface area contributed by atoms with Crippen molar-refractivity contribution in [3.05, 3.63) is 34.9 Å². The molecule has 2 fully saturated rings. The molecule has 20 heavy (non-hydrogen) atoms. The van der Waals surface area contributed by atoms with Gasteiger partial charge in [-0.2, -0.15) is 0 Å². The number of hydrogen-bond donors (Lipinski definition) is 0. The Hall–Kier alpha value is -1.19. The summed E-state index contributed by atoms with van der Waals surface area (Å²) in [4.78, 5) is 14.9. The highest BCUT2D eigenvalue weighted by molar-refractivity contribution is 5.99. The molecule has 1 saturated heterocycles. The van der Waals surface area contributed by atoms with E-state index in [2.05, 4.69) is 11.0 Å². The molecule has 3 rings (SSSR count). The van der Waals surface area contributed by atoms with Gasteiger partial charge in [-0.3, -0.25) is 9.69 Å². The van der Waals surface area contributed by atoms with Gasteiger partial charge in [0.05, 0.1) is 19.3 Å². The van der Waals surface area contributed by atoms with E-state index in [4.69, 9.17) is 4.74 Å². The number of nitrogens with zero attached hydrogens (tertiary/aromatic N) is 1. The molecule has 2 atom stereocenters. The number of ether oxygens (including phenoxy) is 1. The predicted octanol–water partition coefficient (Wildman–Crippen LogP) is 2.74. The zero-order chi connectivity index (χ0) is 14.1. The molecule has 108 valence electrons. The molecule has 1 saturated carbocycles.